The van der Waals surface area contributed by atoms with Crippen molar-refractivity contribution in [2.75, 3.05) is 0 Å². The molecule has 0 spiro atoms. The van der Waals surface area contributed by atoms with E-state index in [9.17, 15) is 9.59 Å². The van der Waals surface area contributed by atoms with Crippen LogP contribution in [0.4, 0.5) is 0 Å². The van der Waals surface area contributed by atoms with Crippen molar-refractivity contribution in [2.24, 2.45) is 0 Å². The molecule has 4 heteroatoms. The van der Waals surface area contributed by atoms with Crippen molar-refractivity contribution in [3.8, 4) is 0 Å². The van der Waals surface area contributed by atoms with Gasteiger partial charge in [0.05, 0.1) is 5.52 Å². The average Bonchev–Trinajstić information content (AvgIpc) is 2.39. The van der Waals surface area contributed by atoms with Crippen LogP contribution in [0.3, 0.4) is 0 Å². The summed E-state index contributed by atoms with van der Waals surface area (Å²) in [5.74, 6) is 0. The van der Waals surface area contributed by atoms with Crippen molar-refractivity contribution in [2.45, 2.75) is 0 Å². The second-order valence-corrected chi connectivity index (χ2v) is 5.28. The highest BCUT2D eigenvalue weighted by atomic mass is 127. The Bertz CT molecular complexity index is 836. The van der Waals surface area contributed by atoms with Gasteiger partial charge >= 0.3 is 0 Å². The van der Waals surface area contributed by atoms with E-state index in [0.29, 0.717) is 21.9 Å². The minimum Gasteiger partial charge on any atom is -0.354 e. The lowest BCUT2D eigenvalue weighted by Gasteiger charge is -2.04. The van der Waals surface area contributed by atoms with Gasteiger partial charge in [-0.2, -0.15) is 0 Å². The molecular weight excluding hydrogens is 341 g/mol. The third-order valence-electron chi connectivity index (χ3n) is 2.95. The van der Waals surface area contributed by atoms with E-state index in [1.807, 2.05) is 18.2 Å². The molecule has 0 atom stereocenters. The maximum atomic E-state index is 12.4. The number of para-hydroxylation sites is 1. The number of hydrogen-bond donors (Lipinski definition) is 1. The summed E-state index contributed by atoms with van der Waals surface area (Å²) in [4.78, 5) is 26.5. The van der Waals surface area contributed by atoms with Crippen LogP contribution < -0.4 is 5.43 Å². The Morgan fingerprint density at radius 3 is 2.72 bits per heavy atom. The van der Waals surface area contributed by atoms with Crippen LogP contribution in [-0.4, -0.2) is 11.3 Å². The van der Waals surface area contributed by atoms with Crippen LogP contribution in [0.1, 0.15) is 10.4 Å². The van der Waals surface area contributed by atoms with E-state index in [1.165, 1.54) is 0 Å². The van der Waals surface area contributed by atoms with Gasteiger partial charge in [0.2, 0.25) is 0 Å². The van der Waals surface area contributed by atoms with E-state index in [4.69, 9.17) is 0 Å². The van der Waals surface area contributed by atoms with Crippen molar-refractivity contribution in [3.63, 3.8) is 0 Å². The normalized spacial score (nSPS) is 10.9. The van der Waals surface area contributed by atoms with E-state index in [0.717, 1.165) is 15.4 Å². The number of pyridine rings is 1. The zero-order valence-electron chi connectivity index (χ0n) is 9.24. The van der Waals surface area contributed by atoms with Gasteiger partial charge in [-0.25, -0.2) is 0 Å². The highest BCUT2D eigenvalue weighted by Gasteiger charge is 2.08. The van der Waals surface area contributed by atoms with Gasteiger partial charge in [0, 0.05) is 25.4 Å². The van der Waals surface area contributed by atoms with Gasteiger partial charge in [-0.05, 0) is 52.9 Å². The quantitative estimate of drug-likeness (QED) is 0.417. The summed E-state index contributed by atoms with van der Waals surface area (Å²) < 4.78 is 1.01. The summed E-state index contributed by atoms with van der Waals surface area (Å²) in [6.45, 7) is 0. The molecule has 0 bridgehead atoms. The summed E-state index contributed by atoms with van der Waals surface area (Å²) in [5.41, 5.74) is 1.82. The Morgan fingerprint density at radius 1 is 1.11 bits per heavy atom. The van der Waals surface area contributed by atoms with E-state index in [2.05, 4.69) is 27.6 Å². The SMILES string of the molecule is O=Cc1cccc2c(=O)c3cc(I)ccc3[nH]c12. The molecule has 0 aliphatic carbocycles. The van der Waals surface area contributed by atoms with Crippen LogP contribution in [0.15, 0.2) is 41.2 Å². The van der Waals surface area contributed by atoms with Gasteiger partial charge in [0.15, 0.2) is 11.7 Å². The molecule has 0 amide bonds. The number of H-pyrrole nitrogens is 1. The first kappa shape index (κ1) is 11.4. The Morgan fingerprint density at radius 2 is 1.94 bits per heavy atom. The monoisotopic (exact) mass is 349 g/mol. The van der Waals surface area contributed by atoms with Crippen molar-refractivity contribution in [1.29, 1.82) is 0 Å². The summed E-state index contributed by atoms with van der Waals surface area (Å²) in [5, 5.41) is 1.20. The average molecular weight is 349 g/mol. The minimum absolute atomic E-state index is 0.0408. The fourth-order valence-electron chi connectivity index (χ4n) is 2.09. The van der Waals surface area contributed by atoms with Crippen molar-refractivity contribution < 1.29 is 4.79 Å². The number of carbonyl (C=O) groups excluding carboxylic acids is 1. The summed E-state index contributed by atoms with van der Waals surface area (Å²) in [6.07, 6.45) is 0.761. The maximum absolute atomic E-state index is 12.4. The van der Waals surface area contributed by atoms with Gasteiger partial charge < -0.3 is 4.98 Å². The summed E-state index contributed by atoms with van der Waals surface area (Å²) in [6, 6.07) is 10.8. The van der Waals surface area contributed by atoms with Crippen molar-refractivity contribution >= 4 is 50.7 Å². The van der Waals surface area contributed by atoms with Gasteiger partial charge in [0.25, 0.3) is 0 Å². The topological polar surface area (TPSA) is 49.9 Å². The lowest BCUT2D eigenvalue weighted by molar-refractivity contribution is 0.112. The molecule has 0 saturated carbocycles. The molecule has 0 unspecified atom stereocenters. The molecule has 2 aromatic carbocycles. The first-order valence-electron chi connectivity index (χ1n) is 5.40. The molecule has 0 radical (unpaired) electrons. The lowest BCUT2D eigenvalue weighted by atomic mass is 10.1. The number of halogens is 1. The van der Waals surface area contributed by atoms with Crippen LogP contribution in [0.25, 0.3) is 21.8 Å². The first-order valence-corrected chi connectivity index (χ1v) is 6.48. The van der Waals surface area contributed by atoms with Crippen LogP contribution in [0, 0.1) is 3.57 Å². The van der Waals surface area contributed by atoms with E-state index in [-0.39, 0.29) is 5.43 Å². The van der Waals surface area contributed by atoms with Gasteiger partial charge in [-0.1, -0.05) is 6.07 Å². The third-order valence-corrected chi connectivity index (χ3v) is 3.63. The molecule has 0 fully saturated rings. The molecule has 0 aliphatic rings. The predicted molar refractivity (Wildman–Crippen MR) is 80.2 cm³/mol. The van der Waals surface area contributed by atoms with Crippen LogP contribution >= 0.6 is 22.6 Å². The van der Waals surface area contributed by atoms with Crippen LogP contribution in [-0.2, 0) is 0 Å². The largest absolute Gasteiger partial charge is 0.354 e. The summed E-state index contributed by atoms with van der Waals surface area (Å²) in [7, 11) is 0. The van der Waals surface area contributed by atoms with E-state index < -0.39 is 0 Å². The van der Waals surface area contributed by atoms with Gasteiger partial charge in [0.1, 0.15) is 0 Å². The van der Waals surface area contributed by atoms with Gasteiger partial charge in [-0.3, -0.25) is 9.59 Å². The number of carbonyl (C=O) groups is 1. The lowest BCUT2D eigenvalue weighted by Crippen LogP contribution is -2.05. The fraction of sp³-hybridized carbons (Fsp3) is 0. The Kier molecular flexibility index (Phi) is 2.66. The highest BCUT2D eigenvalue weighted by Crippen LogP contribution is 2.18. The Hall–Kier alpha value is -1.69. The number of hydrogen-bond acceptors (Lipinski definition) is 2. The molecule has 0 saturated heterocycles. The maximum Gasteiger partial charge on any atom is 0.197 e. The fourth-order valence-corrected chi connectivity index (χ4v) is 2.58. The Balaban J connectivity index is 2.60. The highest BCUT2D eigenvalue weighted by molar-refractivity contribution is 14.1. The predicted octanol–water partition coefficient (Wildman–Crippen LogP) is 3.10. The van der Waals surface area contributed by atoms with Gasteiger partial charge in [-0.15, -0.1) is 0 Å². The Labute approximate surface area is 116 Å². The number of rotatable bonds is 1. The number of benzene rings is 2. The molecule has 88 valence electrons. The first-order chi connectivity index (χ1) is 8.70. The summed E-state index contributed by atoms with van der Waals surface area (Å²) >= 11 is 2.17. The molecule has 1 aromatic heterocycles. The number of aldehydes is 1. The molecule has 1 N–H and O–H groups in total. The number of aromatic amines is 1. The van der Waals surface area contributed by atoms with E-state index >= 15 is 0 Å². The standard InChI is InChI=1S/C14H8INO2/c15-9-4-5-12-11(6-9)14(18)10-3-1-2-8(7-17)13(10)16-12/h1-7H,(H,16,18). The second-order valence-electron chi connectivity index (χ2n) is 4.03. The second kappa shape index (κ2) is 4.20. The van der Waals surface area contributed by atoms with E-state index in [1.54, 1.807) is 18.2 Å². The number of aromatic nitrogens is 1. The third kappa shape index (κ3) is 1.64. The molecule has 3 rings (SSSR count). The molecule has 1 heterocycles. The minimum atomic E-state index is -0.0408. The van der Waals surface area contributed by atoms with Crippen LogP contribution in [0.2, 0.25) is 0 Å². The zero-order chi connectivity index (χ0) is 12.7. The molecule has 0 aliphatic heterocycles. The number of nitrogens with one attached hydrogen (secondary N) is 1. The number of fused-ring (bicyclic) bond motifs is 2. The zero-order valence-corrected chi connectivity index (χ0v) is 11.4. The van der Waals surface area contributed by atoms with Crippen molar-refractivity contribution in [3.05, 3.63) is 55.8 Å². The van der Waals surface area contributed by atoms with Crippen molar-refractivity contribution in [1.82, 2.24) is 4.98 Å². The molecule has 18 heavy (non-hydrogen) atoms. The van der Waals surface area contributed by atoms with Crippen LogP contribution in [0.5, 0.6) is 0 Å². The smallest absolute Gasteiger partial charge is 0.197 e. The molecular formula is C14H8INO2. The molecule has 3 nitrogen and oxygen atoms in total. The molecule has 3 aromatic rings.